The first-order chi connectivity index (χ1) is 6.30. The van der Waals surface area contributed by atoms with E-state index in [0.717, 1.165) is 5.75 Å². The third-order valence-electron chi connectivity index (χ3n) is 2.82. The Morgan fingerprint density at radius 3 is 2.77 bits per heavy atom. The lowest BCUT2D eigenvalue weighted by molar-refractivity contribution is -0.657. The Kier molecular flexibility index (Phi) is 2.00. The SMILES string of the molecule is [CH2-][NH2+]C1(c2cccc(OC)c2)CC1. The predicted molar refractivity (Wildman–Crippen MR) is 51.2 cm³/mol. The molecule has 2 nitrogen and oxygen atoms in total. The molecule has 1 saturated carbocycles. The summed E-state index contributed by atoms with van der Waals surface area (Å²) < 4.78 is 5.19. The average Bonchev–Trinajstić information content (AvgIpc) is 2.99. The number of hydrogen-bond donors (Lipinski definition) is 1. The standard InChI is InChI=1S/C11H15NO/c1-12-11(6-7-11)9-4-3-5-10(8-9)13-2/h3-5,8H,1,6-7,12H2,2H3. The van der Waals surface area contributed by atoms with Gasteiger partial charge in [-0.25, -0.2) is 0 Å². The Labute approximate surface area is 78.9 Å². The quantitative estimate of drug-likeness (QED) is 0.686. The first-order valence-electron chi connectivity index (χ1n) is 4.59. The van der Waals surface area contributed by atoms with Crippen molar-refractivity contribution in [3.63, 3.8) is 0 Å². The van der Waals surface area contributed by atoms with Crippen LogP contribution in [0.2, 0.25) is 0 Å². The van der Waals surface area contributed by atoms with Gasteiger partial charge in [0, 0.05) is 18.4 Å². The van der Waals surface area contributed by atoms with Crippen molar-refractivity contribution in [2.45, 2.75) is 18.4 Å². The Hall–Kier alpha value is -1.02. The van der Waals surface area contributed by atoms with Gasteiger partial charge in [0.15, 0.2) is 0 Å². The largest absolute Gasteiger partial charge is 0.497 e. The molecular formula is C11H15NO. The number of nitrogens with two attached hydrogens (primary N) is 1. The topological polar surface area (TPSA) is 25.8 Å². The van der Waals surface area contributed by atoms with Crippen molar-refractivity contribution in [2.75, 3.05) is 7.11 Å². The van der Waals surface area contributed by atoms with E-state index in [1.165, 1.54) is 18.4 Å². The Morgan fingerprint density at radius 2 is 2.23 bits per heavy atom. The highest BCUT2D eigenvalue weighted by atomic mass is 16.5. The first kappa shape index (κ1) is 8.57. The molecule has 0 unspecified atom stereocenters. The molecule has 0 aliphatic heterocycles. The lowest BCUT2D eigenvalue weighted by Gasteiger charge is -2.15. The fourth-order valence-electron chi connectivity index (χ4n) is 1.68. The Bertz CT molecular complexity index is 305. The third kappa shape index (κ3) is 1.42. The summed E-state index contributed by atoms with van der Waals surface area (Å²) in [5.41, 5.74) is 1.59. The second kappa shape index (κ2) is 3.04. The lowest BCUT2D eigenvalue weighted by Crippen LogP contribution is -2.84. The van der Waals surface area contributed by atoms with E-state index in [1.54, 1.807) is 7.11 Å². The van der Waals surface area contributed by atoms with Gasteiger partial charge in [-0.2, -0.15) is 7.05 Å². The van der Waals surface area contributed by atoms with Crippen molar-refractivity contribution in [3.05, 3.63) is 36.9 Å². The van der Waals surface area contributed by atoms with Crippen LogP contribution in [0.5, 0.6) is 5.75 Å². The van der Waals surface area contributed by atoms with Crippen LogP contribution in [-0.4, -0.2) is 7.11 Å². The van der Waals surface area contributed by atoms with Gasteiger partial charge in [-0.15, -0.1) is 0 Å². The molecule has 0 aromatic heterocycles. The molecule has 1 fully saturated rings. The maximum absolute atomic E-state index is 5.19. The van der Waals surface area contributed by atoms with E-state index in [-0.39, 0.29) is 5.54 Å². The zero-order valence-electron chi connectivity index (χ0n) is 7.92. The van der Waals surface area contributed by atoms with Gasteiger partial charge in [0.05, 0.1) is 12.6 Å². The number of benzene rings is 1. The van der Waals surface area contributed by atoms with Crippen molar-refractivity contribution in [1.29, 1.82) is 0 Å². The molecule has 0 atom stereocenters. The highest BCUT2D eigenvalue weighted by Crippen LogP contribution is 2.42. The van der Waals surface area contributed by atoms with Crippen LogP contribution in [0, 0.1) is 7.05 Å². The number of hydrogen-bond acceptors (Lipinski definition) is 1. The molecule has 0 saturated heterocycles. The molecule has 0 heterocycles. The highest BCUT2D eigenvalue weighted by Gasteiger charge is 2.45. The molecule has 2 N–H and O–H groups in total. The maximum Gasteiger partial charge on any atom is 0.119 e. The zero-order valence-corrected chi connectivity index (χ0v) is 7.92. The van der Waals surface area contributed by atoms with Crippen LogP contribution in [0.15, 0.2) is 24.3 Å². The molecule has 0 spiro atoms. The molecule has 0 bridgehead atoms. The smallest absolute Gasteiger partial charge is 0.119 e. The normalized spacial score (nSPS) is 18.3. The minimum Gasteiger partial charge on any atom is -0.497 e. The van der Waals surface area contributed by atoms with Crippen LogP contribution in [0.4, 0.5) is 0 Å². The predicted octanol–water partition coefficient (Wildman–Crippen LogP) is 1.04. The maximum atomic E-state index is 5.19. The molecule has 1 aromatic rings. The van der Waals surface area contributed by atoms with Gasteiger partial charge in [0.1, 0.15) is 5.75 Å². The number of ether oxygens (including phenoxy) is 1. The van der Waals surface area contributed by atoms with Crippen molar-refractivity contribution in [2.24, 2.45) is 0 Å². The van der Waals surface area contributed by atoms with Gasteiger partial charge in [-0.1, -0.05) is 12.1 Å². The third-order valence-corrected chi connectivity index (χ3v) is 2.82. The van der Waals surface area contributed by atoms with E-state index in [9.17, 15) is 0 Å². The minimum absolute atomic E-state index is 0.258. The van der Waals surface area contributed by atoms with Gasteiger partial charge in [0.25, 0.3) is 0 Å². The summed E-state index contributed by atoms with van der Waals surface area (Å²) in [5.74, 6) is 0.936. The fourth-order valence-corrected chi connectivity index (χ4v) is 1.68. The van der Waals surface area contributed by atoms with E-state index in [2.05, 4.69) is 24.5 Å². The highest BCUT2D eigenvalue weighted by molar-refractivity contribution is 5.34. The van der Waals surface area contributed by atoms with Crippen LogP contribution in [0.25, 0.3) is 0 Å². The van der Waals surface area contributed by atoms with Crippen molar-refractivity contribution in [1.82, 2.24) is 0 Å². The summed E-state index contributed by atoms with van der Waals surface area (Å²) in [5, 5.41) is 2.06. The van der Waals surface area contributed by atoms with Crippen molar-refractivity contribution < 1.29 is 10.1 Å². The average molecular weight is 177 g/mol. The zero-order chi connectivity index (χ0) is 9.31. The van der Waals surface area contributed by atoms with Crippen LogP contribution in [0.1, 0.15) is 18.4 Å². The Balaban J connectivity index is 2.30. The second-order valence-electron chi connectivity index (χ2n) is 3.59. The summed E-state index contributed by atoms with van der Waals surface area (Å²) in [6.45, 7) is 0. The van der Waals surface area contributed by atoms with Gasteiger partial charge >= 0.3 is 0 Å². The molecule has 1 aliphatic rings. The number of methoxy groups -OCH3 is 1. The molecule has 2 heteroatoms. The van der Waals surface area contributed by atoms with Crippen LogP contribution in [0.3, 0.4) is 0 Å². The molecule has 0 radical (unpaired) electrons. The molecule has 1 aromatic carbocycles. The van der Waals surface area contributed by atoms with Crippen LogP contribution < -0.4 is 10.1 Å². The van der Waals surface area contributed by atoms with E-state index in [0.29, 0.717) is 0 Å². The summed E-state index contributed by atoms with van der Waals surface area (Å²) in [6, 6.07) is 8.27. The van der Waals surface area contributed by atoms with Gasteiger partial charge in [-0.05, 0) is 12.1 Å². The molecule has 2 rings (SSSR count). The van der Waals surface area contributed by atoms with Gasteiger partial charge < -0.3 is 10.1 Å². The van der Waals surface area contributed by atoms with E-state index in [4.69, 9.17) is 4.74 Å². The molecule has 70 valence electrons. The van der Waals surface area contributed by atoms with Crippen LogP contribution in [-0.2, 0) is 5.54 Å². The van der Waals surface area contributed by atoms with Gasteiger partial charge in [0.2, 0.25) is 0 Å². The summed E-state index contributed by atoms with van der Waals surface area (Å²) in [7, 11) is 5.59. The second-order valence-corrected chi connectivity index (χ2v) is 3.59. The monoisotopic (exact) mass is 177 g/mol. The molecule has 0 amide bonds. The van der Waals surface area contributed by atoms with Crippen molar-refractivity contribution >= 4 is 0 Å². The first-order valence-corrected chi connectivity index (χ1v) is 4.59. The molecule has 13 heavy (non-hydrogen) atoms. The van der Waals surface area contributed by atoms with Gasteiger partial charge in [-0.3, -0.25) is 0 Å². The summed E-state index contributed by atoms with van der Waals surface area (Å²) in [4.78, 5) is 0. The van der Waals surface area contributed by atoms with Crippen LogP contribution >= 0.6 is 0 Å². The summed E-state index contributed by atoms with van der Waals surface area (Å²) in [6.07, 6.45) is 2.45. The molecule has 1 aliphatic carbocycles. The van der Waals surface area contributed by atoms with E-state index in [1.807, 2.05) is 12.1 Å². The van der Waals surface area contributed by atoms with Crippen molar-refractivity contribution in [3.8, 4) is 5.75 Å². The number of rotatable bonds is 3. The lowest BCUT2D eigenvalue weighted by atomic mass is 10.1. The summed E-state index contributed by atoms with van der Waals surface area (Å²) >= 11 is 0. The Morgan fingerprint density at radius 1 is 1.46 bits per heavy atom. The molecular weight excluding hydrogens is 162 g/mol. The van der Waals surface area contributed by atoms with E-state index >= 15 is 0 Å². The minimum atomic E-state index is 0.258. The van der Waals surface area contributed by atoms with E-state index < -0.39 is 0 Å². The number of quaternary nitrogens is 1. The fraction of sp³-hybridized carbons (Fsp3) is 0.364.